The molecule has 0 unspecified atom stereocenters. The number of para-hydroxylation sites is 2. The fourth-order valence-electron chi connectivity index (χ4n) is 2.98. The van der Waals surface area contributed by atoms with Gasteiger partial charge >= 0.3 is 0 Å². The first-order chi connectivity index (χ1) is 14.1. The highest BCUT2D eigenvalue weighted by Gasteiger charge is 2.11. The minimum absolute atomic E-state index is 0.0995. The molecular weight excluding hydrogens is 479 g/mol. The summed E-state index contributed by atoms with van der Waals surface area (Å²) < 4.78 is 2.83. The molecule has 29 heavy (non-hydrogen) atoms. The molecule has 1 aromatic heterocycles. The number of imidazole rings is 1. The van der Waals surface area contributed by atoms with Crippen LogP contribution in [0.15, 0.2) is 79.1 Å². The van der Waals surface area contributed by atoms with E-state index in [1.54, 1.807) is 18.5 Å². The Hall–Kier alpha value is -3.20. The zero-order valence-electron chi connectivity index (χ0n) is 15.3. The van der Waals surface area contributed by atoms with E-state index >= 15 is 0 Å². The molecule has 0 aliphatic carbocycles. The van der Waals surface area contributed by atoms with Gasteiger partial charge in [-0.15, -0.1) is 0 Å². The first kappa shape index (κ1) is 19.1. The number of fused-ring (bicyclic) bond motifs is 1. The van der Waals surface area contributed by atoms with E-state index in [4.69, 9.17) is 0 Å². The summed E-state index contributed by atoms with van der Waals surface area (Å²) >= 11 is 2.10. The van der Waals surface area contributed by atoms with E-state index < -0.39 is 0 Å². The molecule has 0 aliphatic rings. The zero-order chi connectivity index (χ0) is 20.2. The lowest BCUT2D eigenvalue weighted by molar-refractivity contribution is -0.115. The number of aromatic nitrogens is 2. The van der Waals surface area contributed by atoms with E-state index in [-0.39, 0.29) is 18.4 Å². The van der Waals surface area contributed by atoms with Crippen LogP contribution < -0.4 is 10.6 Å². The smallest absolute Gasteiger partial charge is 0.252 e. The van der Waals surface area contributed by atoms with Crippen LogP contribution in [0, 0.1) is 3.57 Å². The summed E-state index contributed by atoms with van der Waals surface area (Å²) in [6.07, 6.45) is 1.78. The number of benzene rings is 3. The third-order valence-electron chi connectivity index (χ3n) is 4.41. The van der Waals surface area contributed by atoms with Gasteiger partial charge in [-0.2, -0.15) is 0 Å². The molecule has 0 aliphatic heterocycles. The van der Waals surface area contributed by atoms with E-state index in [2.05, 4.69) is 38.2 Å². The van der Waals surface area contributed by atoms with Gasteiger partial charge in [-0.1, -0.05) is 24.3 Å². The van der Waals surface area contributed by atoms with Crippen molar-refractivity contribution in [3.63, 3.8) is 0 Å². The second-order valence-electron chi connectivity index (χ2n) is 6.36. The van der Waals surface area contributed by atoms with Crippen molar-refractivity contribution in [2.24, 2.45) is 0 Å². The van der Waals surface area contributed by atoms with Crippen molar-refractivity contribution >= 4 is 51.1 Å². The number of anilines is 1. The van der Waals surface area contributed by atoms with Crippen LogP contribution in [0.5, 0.6) is 0 Å². The summed E-state index contributed by atoms with van der Waals surface area (Å²) in [6, 6.07) is 22.6. The van der Waals surface area contributed by atoms with Gasteiger partial charge in [0.1, 0.15) is 6.33 Å². The molecule has 144 valence electrons. The molecule has 4 rings (SSSR count). The Kier molecular flexibility index (Phi) is 5.57. The summed E-state index contributed by atoms with van der Waals surface area (Å²) in [6.45, 7) is -0.0995. The van der Waals surface area contributed by atoms with Crippen LogP contribution in [0.1, 0.15) is 10.4 Å². The van der Waals surface area contributed by atoms with Gasteiger partial charge in [-0.05, 0) is 71.1 Å². The normalized spacial score (nSPS) is 10.7. The van der Waals surface area contributed by atoms with Crippen LogP contribution >= 0.6 is 22.6 Å². The number of rotatable bonds is 5. The van der Waals surface area contributed by atoms with Gasteiger partial charge in [0.25, 0.3) is 5.91 Å². The monoisotopic (exact) mass is 496 g/mol. The lowest BCUT2D eigenvalue weighted by atomic mass is 10.2. The van der Waals surface area contributed by atoms with Gasteiger partial charge in [-0.25, -0.2) is 4.98 Å². The van der Waals surface area contributed by atoms with Gasteiger partial charge < -0.3 is 10.6 Å². The van der Waals surface area contributed by atoms with E-state index in [0.29, 0.717) is 11.3 Å². The second kappa shape index (κ2) is 8.44. The molecule has 7 heteroatoms. The van der Waals surface area contributed by atoms with Crippen molar-refractivity contribution in [3.05, 3.63) is 88.3 Å². The molecule has 0 bridgehead atoms. The molecule has 2 amide bonds. The van der Waals surface area contributed by atoms with Crippen molar-refractivity contribution in [2.45, 2.75) is 0 Å². The average Bonchev–Trinajstić information content (AvgIpc) is 3.17. The minimum atomic E-state index is -0.287. The Labute approximate surface area is 181 Å². The Morgan fingerprint density at radius 3 is 2.45 bits per heavy atom. The largest absolute Gasteiger partial charge is 0.343 e. The molecule has 0 saturated heterocycles. The maximum atomic E-state index is 12.2. The average molecular weight is 496 g/mol. The predicted molar refractivity (Wildman–Crippen MR) is 121 cm³/mol. The SMILES string of the molecule is O=C(CNC(=O)c1ccccc1I)Nc1ccc(-n2cnc3ccccc32)cc1. The summed E-state index contributed by atoms with van der Waals surface area (Å²) in [5.74, 6) is -0.558. The third kappa shape index (κ3) is 4.29. The fourth-order valence-corrected chi connectivity index (χ4v) is 3.61. The number of hydrogen-bond donors (Lipinski definition) is 2. The fraction of sp³-hybridized carbons (Fsp3) is 0.0455. The van der Waals surface area contributed by atoms with Crippen molar-refractivity contribution in [1.82, 2.24) is 14.9 Å². The number of carbonyl (C=O) groups excluding carboxylic acids is 2. The van der Waals surface area contributed by atoms with Crippen molar-refractivity contribution in [1.29, 1.82) is 0 Å². The molecular formula is C22H17IN4O2. The predicted octanol–water partition coefficient (Wildman–Crippen LogP) is 4.00. The highest BCUT2D eigenvalue weighted by atomic mass is 127. The quantitative estimate of drug-likeness (QED) is 0.411. The van der Waals surface area contributed by atoms with E-state index in [1.807, 2.05) is 65.2 Å². The Morgan fingerprint density at radius 2 is 1.66 bits per heavy atom. The number of nitrogens with zero attached hydrogens (tertiary/aromatic N) is 2. The van der Waals surface area contributed by atoms with Crippen LogP contribution in [0.25, 0.3) is 16.7 Å². The van der Waals surface area contributed by atoms with Crippen LogP contribution in [-0.2, 0) is 4.79 Å². The van der Waals surface area contributed by atoms with Gasteiger partial charge in [0.2, 0.25) is 5.91 Å². The topological polar surface area (TPSA) is 76.0 Å². The zero-order valence-corrected chi connectivity index (χ0v) is 17.5. The number of hydrogen-bond acceptors (Lipinski definition) is 3. The van der Waals surface area contributed by atoms with Gasteiger partial charge in [0.15, 0.2) is 0 Å². The number of halogens is 1. The lowest BCUT2D eigenvalue weighted by Crippen LogP contribution is -2.33. The van der Waals surface area contributed by atoms with Crippen LogP contribution in [-0.4, -0.2) is 27.9 Å². The van der Waals surface area contributed by atoms with E-state index in [0.717, 1.165) is 20.3 Å². The Balaban J connectivity index is 1.38. The molecule has 4 aromatic rings. The van der Waals surface area contributed by atoms with Crippen LogP contribution in [0.3, 0.4) is 0 Å². The molecule has 1 heterocycles. The molecule has 6 nitrogen and oxygen atoms in total. The molecule has 3 aromatic carbocycles. The molecule has 2 N–H and O–H groups in total. The maximum absolute atomic E-state index is 12.2. The van der Waals surface area contributed by atoms with Gasteiger partial charge in [0, 0.05) is 14.9 Å². The summed E-state index contributed by atoms with van der Waals surface area (Å²) in [5.41, 5.74) is 4.10. The number of nitrogens with one attached hydrogen (secondary N) is 2. The Bertz CT molecular complexity index is 1180. The first-order valence-corrected chi connectivity index (χ1v) is 10.0. The summed E-state index contributed by atoms with van der Waals surface area (Å²) in [7, 11) is 0. The molecule has 0 radical (unpaired) electrons. The first-order valence-electron chi connectivity index (χ1n) is 8.97. The minimum Gasteiger partial charge on any atom is -0.343 e. The molecule has 0 atom stereocenters. The van der Waals surface area contributed by atoms with Crippen LogP contribution in [0.4, 0.5) is 5.69 Å². The number of carbonyl (C=O) groups is 2. The Morgan fingerprint density at radius 1 is 0.931 bits per heavy atom. The third-order valence-corrected chi connectivity index (χ3v) is 5.35. The maximum Gasteiger partial charge on any atom is 0.252 e. The van der Waals surface area contributed by atoms with Gasteiger partial charge in [-0.3, -0.25) is 14.2 Å². The number of amides is 2. The van der Waals surface area contributed by atoms with Crippen molar-refractivity contribution in [2.75, 3.05) is 11.9 Å². The standard InChI is InChI=1S/C22H17IN4O2/c23-18-6-2-1-5-17(18)22(29)24-13-21(28)26-15-9-11-16(12-10-15)27-14-25-19-7-3-4-8-20(19)27/h1-12,14H,13H2,(H,24,29)(H,26,28). The van der Waals surface area contributed by atoms with Crippen molar-refractivity contribution < 1.29 is 9.59 Å². The van der Waals surface area contributed by atoms with Crippen molar-refractivity contribution in [3.8, 4) is 5.69 Å². The molecule has 0 spiro atoms. The summed E-state index contributed by atoms with van der Waals surface area (Å²) in [4.78, 5) is 28.8. The van der Waals surface area contributed by atoms with Gasteiger partial charge in [0.05, 0.1) is 23.1 Å². The van der Waals surface area contributed by atoms with E-state index in [1.165, 1.54) is 0 Å². The highest BCUT2D eigenvalue weighted by molar-refractivity contribution is 14.1. The van der Waals surface area contributed by atoms with E-state index in [9.17, 15) is 9.59 Å². The van der Waals surface area contributed by atoms with Crippen LogP contribution in [0.2, 0.25) is 0 Å². The second-order valence-corrected chi connectivity index (χ2v) is 7.52. The lowest BCUT2D eigenvalue weighted by Gasteiger charge is -2.09. The highest BCUT2D eigenvalue weighted by Crippen LogP contribution is 2.19. The summed E-state index contributed by atoms with van der Waals surface area (Å²) in [5, 5.41) is 5.44. The molecule has 0 saturated carbocycles. The molecule has 0 fully saturated rings.